The number of carbonyl (C=O) groups is 3. The van der Waals surface area contributed by atoms with Crippen molar-refractivity contribution in [2.45, 2.75) is 122 Å². The van der Waals surface area contributed by atoms with E-state index in [0.29, 0.717) is 24.5 Å². The van der Waals surface area contributed by atoms with Gasteiger partial charge in [0.2, 0.25) is 5.91 Å². The van der Waals surface area contributed by atoms with Crippen molar-refractivity contribution >= 4 is 34.4 Å². The third kappa shape index (κ3) is 8.47. The molecule has 9 nitrogen and oxygen atoms in total. The van der Waals surface area contributed by atoms with Crippen LogP contribution in [0.3, 0.4) is 0 Å². The van der Waals surface area contributed by atoms with Crippen molar-refractivity contribution in [3.63, 3.8) is 0 Å². The monoisotopic (exact) mass is 668 g/mol. The molecule has 6 heterocycles. The fraction of sp³-hybridized carbons (Fsp3) is 0.600. The molecular weight excluding hydrogens is 612 g/mol. The summed E-state index contributed by atoms with van der Waals surface area (Å²) in [6.45, 7) is 8.95. The first kappa shape index (κ1) is 35.0. The van der Waals surface area contributed by atoms with Gasteiger partial charge in [-0.2, -0.15) is 0 Å². The third-order valence-corrected chi connectivity index (χ3v) is 10.9. The Labute approximate surface area is 292 Å². The molecule has 2 N–H and O–H groups in total. The zero-order valence-corrected chi connectivity index (χ0v) is 29.9. The Balaban J connectivity index is 1.27. The van der Waals surface area contributed by atoms with E-state index < -0.39 is 11.5 Å². The van der Waals surface area contributed by atoms with Crippen molar-refractivity contribution in [2.24, 2.45) is 5.41 Å². The summed E-state index contributed by atoms with van der Waals surface area (Å²) in [7, 11) is 0. The molecule has 0 aliphatic carbocycles. The number of anilines is 1. The van der Waals surface area contributed by atoms with Gasteiger partial charge in [0.05, 0.1) is 0 Å². The maximum Gasteiger partial charge on any atom is 0.272 e. The van der Waals surface area contributed by atoms with Gasteiger partial charge in [-0.1, -0.05) is 103 Å². The van der Waals surface area contributed by atoms with E-state index >= 15 is 0 Å². The second-order valence-electron chi connectivity index (χ2n) is 15.6. The third-order valence-electron chi connectivity index (χ3n) is 10.9. The summed E-state index contributed by atoms with van der Waals surface area (Å²) in [4.78, 5) is 57.3. The Bertz CT molecular complexity index is 1550. The van der Waals surface area contributed by atoms with E-state index in [1.165, 1.54) is 32.1 Å². The van der Waals surface area contributed by atoms with E-state index in [1.54, 1.807) is 0 Å². The number of piperazine rings is 1. The lowest BCUT2D eigenvalue weighted by atomic mass is 9.84. The highest BCUT2D eigenvalue weighted by Crippen LogP contribution is 2.30. The van der Waals surface area contributed by atoms with Gasteiger partial charge < -0.3 is 25.0 Å². The summed E-state index contributed by atoms with van der Waals surface area (Å²) in [5, 5.41) is 4.10. The van der Waals surface area contributed by atoms with Gasteiger partial charge in [-0.25, -0.2) is 4.98 Å². The lowest BCUT2D eigenvalue weighted by Crippen LogP contribution is -2.65. The number of amides is 3. The molecule has 2 bridgehead atoms. The van der Waals surface area contributed by atoms with Crippen LogP contribution < -0.4 is 10.2 Å². The average Bonchev–Trinajstić information content (AvgIpc) is 3.79. The van der Waals surface area contributed by atoms with Gasteiger partial charge in [0.15, 0.2) is 0 Å². The maximum atomic E-state index is 14.8. The number of hydrogen-bond acceptors (Lipinski definition) is 5. The number of para-hydroxylation sites is 1. The minimum Gasteiger partial charge on any atom is -0.357 e. The number of nitrogens with one attached hydrogen (secondary N) is 2. The van der Waals surface area contributed by atoms with Crippen molar-refractivity contribution in [1.82, 2.24) is 25.1 Å². The molecule has 3 amide bonds. The van der Waals surface area contributed by atoms with Crippen LogP contribution in [0, 0.1) is 5.41 Å². The van der Waals surface area contributed by atoms with Gasteiger partial charge in [-0.3, -0.25) is 14.4 Å². The van der Waals surface area contributed by atoms with Crippen LogP contribution in [0.5, 0.6) is 0 Å². The quantitative estimate of drug-likeness (QED) is 0.297. The fourth-order valence-electron chi connectivity index (χ4n) is 7.99. The van der Waals surface area contributed by atoms with E-state index in [2.05, 4.69) is 15.2 Å². The summed E-state index contributed by atoms with van der Waals surface area (Å²) >= 11 is 0. The fourth-order valence-corrected chi connectivity index (χ4v) is 7.99. The number of nitrogens with zero attached hydrogens (tertiary/aromatic N) is 4. The molecule has 0 saturated carbocycles. The first-order valence-electron chi connectivity index (χ1n) is 18.9. The Morgan fingerprint density at radius 1 is 0.776 bits per heavy atom. The second kappa shape index (κ2) is 15.8. The minimum atomic E-state index is -0.724. The normalized spacial score (nSPS) is 22.1. The number of aromatic nitrogens is 2. The first-order chi connectivity index (χ1) is 23.7. The van der Waals surface area contributed by atoms with Crippen LogP contribution in [0.25, 0.3) is 10.9 Å². The molecule has 4 saturated heterocycles. The lowest BCUT2D eigenvalue weighted by molar-refractivity contribution is -0.142. The summed E-state index contributed by atoms with van der Waals surface area (Å²) in [6.07, 6.45) is 14.4. The molecule has 3 atom stereocenters. The Morgan fingerprint density at radius 2 is 1.39 bits per heavy atom. The van der Waals surface area contributed by atoms with E-state index in [9.17, 15) is 14.4 Å². The predicted octanol–water partition coefficient (Wildman–Crippen LogP) is 7.33. The number of aromatic amines is 1. The van der Waals surface area contributed by atoms with Crippen molar-refractivity contribution in [3.8, 4) is 0 Å². The van der Waals surface area contributed by atoms with Gasteiger partial charge in [0.25, 0.3) is 11.8 Å². The zero-order valence-electron chi connectivity index (χ0n) is 29.9. The van der Waals surface area contributed by atoms with Crippen molar-refractivity contribution in [2.75, 3.05) is 31.1 Å². The van der Waals surface area contributed by atoms with E-state index in [4.69, 9.17) is 4.98 Å². The first-order valence-corrected chi connectivity index (χ1v) is 18.9. The van der Waals surface area contributed by atoms with Crippen LogP contribution in [0.1, 0.15) is 125 Å². The Kier molecular flexibility index (Phi) is 11.3. The molecule has 7 rings (SSSR count). The molecule has 0 spiro atoms. The standard InChI is InChI=1S/C40H56N6O3/c1-40(2,3)36(43-37(47)34-26-29-18-13-14-21-32(29)41-34)39(49)46-28-30-19-11-9-7-5-4-6-8-10-12-20-31(46)27-45(30)38(48)33-22-17-23-35(42-33)44-24-15-16-25-44/h13-14,17-18,21-23,26,30-31,36,41H,4-12,15-16,19-20,24-25,27-28H2,1-3H3,(H,43,47)/t30-,31-,36+/m0/s1. The lowest BCUT2D eigenvalue weighted by Gasteiger charge is -2.48. The maximum absolute atomic E-state index is 14.8. The van der Waals surface area contributed by atoms with Gasteiger partial charge in [0, 0.05) is 49.2 Å². The molecule has 4 fully saturated rings. The van der Waals surface area contributed by atoms with Crippen molar-refractivity contribution < 1.29 is 14.4 Å². The highest BCUT2D eigenvalue weighted by atomic mass is 16.2. The van der Waals surface area contributed by atoms with Crippen LogP contribution in [-0.2, 0) is 4.79 Å². The second-order valence-corrected chi connectivity index (χ2v) is 15.6. The van der Waals surface area contributed by atoms with Crippen LogP contribution >= 0.6 is 0 Å². The smallest absolute Gasteiger partial charge is 0.272 e. The van der Waals surface area contributed by atoms with Crippen LogP contribution in [-0.4, -0.2) is 81.8 Å². The van der Waals surface area contributed by atoms with Crippen molar-refractivity contribution in [3.05, 3.63) is 59.9 Å². The van der Waals surface area contributed by atoms with Gasteiger partial charge in [-0.15, -0.1) is 0 Å². The van der Waals surface area contributed by atoms with Crippen LogP contribution in [0.4, 0.5) is 5.82 Å². The minimum absolute atomic E-state index is 0.0352. The largest absolute Gasteiger partial charge is 0.357 e. The molecular formula is C40H56N6O3. The summed E-state index contributed by atoms with van der Waals surface area (Å²) in [5.74, 6) is 0.501. The summed E-state index contributed by atoms with van der Waals surface area (Å²) < 4.78 is 0. The number of carbonyl (C=O) groups excluding carboxylic acids is 3. The summed E-state index contributed by atoms with van der Waals surface area (Å²) in [5.41, 5.74) is 1.30. The molecule has 0 unspecified atom stereocenters. The number of rotatable bonds is 5. The molecule has 0 radical (unpaired) electrons. The molecule has 4 aliphatic heterocycles. The zero-order chi connectivity index (χ0) is 34.4. The summed E-state index contributed by atoms with van der Waals surface area (Å²) in [6, 6.07) is 14.5. The molecule has 49 heavy (non-hydrogen) atoms. The Hall–Kier alpha value is -3.88. The SMILES string of the molecule is CC(C)(C)[C@H](NC(=O)c1cc2ccccc2[nH]1)C(=O)N1C[C@@H]2CCCCCCCCCCC[C@H]1CN2C(=O)c1cccc(N2CCCC2)n1. The number of pyridine rings is 1. The van der Waals surface area contributed by atoms with E-state index in [1.807, 2.05) is 79.1 Å². The molecule has 2 aromatic heterocycles. The molecule has 9 heteroatoms. The Morgan fingerprint density at radius 3 is 2.04 bits per heavy atom. The van der Waals surface area contributed by atoms with E-state index in [0.717, 1.165) is 81.2 Å². The molecule has 4 aliphatic rings. The van der Waals surface area contributed by atoms with Crippen molar-refractivity contribution in [1.29, 1.82) is 0 Å². The average molecular weight is 669 g/mol. The number of fused-ring (bicyclic) bond motifs is 13. The molecule has 1 aromatic carbocycles. The number of hydrogen-bond donors (Lipinski definition) is 2. The van der Waals surface area contributed by atoms with Gasteiger partial charge in [0.1, 0.15) is 23.2 Å². The number of benzene rings is 1. The van der Waals surface area contributed by atoms with Gasteiger partial charge >= 0.3 is 0 Å². The number of H-pyrrole nitrogens is 1. The predicted molar refractivity (Wildman–Crippen MR) is 196 cm³/mol. The van der Waals surface area contributed by atoms with E-state index in [-0.39, 0.29) is 29.8 Å². The van der Waals surface area contributed by atoms with Crippen LogP contribution in [0.2, 0.25) is 0 Å². The highest BCUT2D eigenvalue weighted by molar-refractivity contribution is 6.00. The topological polar surface area (TPSA) is 102 Å². The van der Waals surface area contributed by atoms with Gasteiger partial charge in [-0.05, 0) is 55.4 Å². The molecule has 264 valence electrons. The molecule has 3 aromatic rings. The highest BCUT2D eigenvalue weighted by Gasteiger charge is 2.44. The van der Waals surface area contributed by atoms with Crippen LogP contribution in [0.15, 0.2) is 48.5 Å².